The molecule has 23 heavy (non-hydrogen) atoms. The summed E-state index contributed by atoms with van der Waals surface area (Å²) in [6, 6.07) is 11.8. The van der Waals surface area contributed by atoms with Crippen molar-refractivity contribution in [2.45, 2.75) is 13.3 Å². The summed E-state index contributed by atoms with van der Waals surface area (Å²) >= 11 is 5.94. The molecule has 2 aromatic carbocycles. The third-order valence-electron chi connectivity index (χ3n) is 3.31. The second-order valence-corrected chi connectivity index (χ2v) is 5.42. The van der Waals surface area contributed by atoms with Crippen molar-refractivity contribution in [1.82, 2.24) is 0 Å². The first-order valence-corrected chi connectivity index (χ1v) is 7.49. The van der Waals surface area contributed by atoms with E-state index in [-0.39, 0.29) is 23.9 Å². The van der Waals surface area contributed by atoms with Gasteiger partial charge in [-0.1, -0.05) is 30.7 Å². The highest BCUT2D eigenvalue weighted by Crippen LogP contribution is 2.35. The van der Waals surface area contributed by atoms with Gasteiger partial charge in [0.25, 0.3) is 0 Å². The monoisotopic (exact) mass is 328 g/mol. The quantitative estimate of drug-likeness (QED) is 0.479. The van der Waals surface area contributed by atoms with Gasteiger partial charge in [-0.15, -0.1) is 0 Å². The van der Waals surface area contributed by atoms with E-state index in [4.69, 9.17) is 21.1 Å². The molecule has 0 amide bonds. The first-order chi connectivity index (χ1) is 11.1. The van der Waals surface area contributed by atoms with Gasteiger partial charge in [-0.3, -0.25) is 9.59 Å². The van der Waals surface area contributed by atoms with Crippen LogP contribution in [0.4, 0.5) is 0 Å². The van der Waals surface area contributed by atoms with Gasteiger partial charge in [-0.05, 0) is 35.9 Å². The molecule has 1 aliphatic rings. The highest BCUT2D eigenvalue weighted by Gasteiger charge is 2.27. The number of ether oxygens (including phenoxy) is 2. The largest absolute Gasteiger partial charge is 0.452 e. The number of esters is 1. The van der Waals surface area contributed by atoms with E-state index in [1.165, 1.54) is 0 Å². The summed E-state index contributed by atoms with van der Waals surface area (Å²) in [4.78, 5) is 23.7. The van der Waals surface area contributed by atoms with E-state index in [0.29, 0.717) is 22.1 Å². The topological polar surface area (TPSA) is 52.6 Å². The molecule has 5 heteroatoms. The average Bonchev–Trinajstić information content (AvgIpc) is 2.83. The molecule has 0 aliphatic carbocycles. The SMILES string of the molecule is CCC(=O)Oc1ccc2c(c1)O/C(=C\c1cccc(Cl)c1)C2=O. The summed E-state index contributed by atoms with van der Waals surface area (Å²) < 4.78 is 10.7. The van der Waals surface area contributed by atoms with Crippen molar-refractivity contribution < 1.29 is 19.1 Å². The molecule has 0 saturated heterocycles. The molecule has 0 spiro atoms. The number of allylic oxidation sites excluding steroid dienone is 1. The predicted molar refractivity (Wildman–Crippen MR) is 86.8 cm³/mol. The van der Waals surface area contributed by atoms with Crippen LogP contribution in [0.25, 0.3) is 6.08 Å². The first-order valence-electron chi connectivity index (χ1n) is 7.11. The lowest BCUT2D eigenvalue weighted by molar-refractivity contribution is -0.134. The van der Waals surface area contributed by atoms with E-state index in [1.54, 1.807) is 49.4 Å². The summed E-state index contributed by atoms with van der Waals surface area (Å²) in [5.41, 5.74) is 1.21. The van der Waals surface area contributed by atoms with Crippen LogP contribution >= 0.6 is 11.6 Å². The van der Waals surface area contributed by atoms with Gasteiger partial charge in [0.05, 0.1) is 5.56 Å². The predicted octanol–water partition coefficient (Wildman–Crippen LogP) is 4.27. The minimum absolute atomic E-state index is 0.209. The van der Waals surface area contributed by atoms with E-state index in [1.807, 2.05) is 6.07 Å². The Labute approximate surface area is 138 Å². The molecule has 0 saturated carbocycles. The van der Waals surface area contributed by atoms with E-state index in [9.17, 15) is 9.59 Å². The number of halogens is 1. The molecular formula is C18H13ClO4. The van der Waals surface area contributed by atoms with Gasteiger partial charge in [0.15, 0.2) is 5.76 Å². The minimum Gasteiger partial charge on any atom is -0.452 e. The average molecular weight is 329 g/mol. The lowest BCUT2D eigenvalue weighted by Crippen LogP contribution is -2.05. The van der Waals surface area contributed by atoms with Gasteiger partial charge in [-0.2, -0.15) is 0 Å². The summed E-state index contributed by atoms with van der Waals surface area (Å²) in [6.07, 6.45) is 1.91. The fraction of sp³-hybridized carbons (Fsp3) is 0.111. The lowest BCUT2D eigenvalue weighted by Gasteiger charge is -2.04. The summed E-state index contributed by atoms with van der Waals surface area (Å²) in [5, 5.41) is 0.580. The van der Waals surface area contributed by atoms with Crippen LogP contribution in [0.2, 0.25) is 5.02 Å². The minimum atomic E-state index is -0.344. The molecule has 0 aromatic heterocycles. The number of fused-ring (bicyclic) bond motifs is 1. The number of hydrogen-bond acceptors (Lipinski definition) is 4. The van der Waals surface area contributed by atoms with Gasteiger partial charge in [0.1, 0.15) is 11.5 Å². The van der Waals surface area contributed by atoms with Crippen molar-refractivity contribution in [1.29, 1.82) is 0 Å². The van der Waals surface area contributed by atoms with Crippen LogP contribution in [0.15, 0.2) is 48.2 Å². The molecule has 0 bridgehead atoms. The molecule has 2 aromatic rings. The maximum Gasteiger partial charge on any atom is 0.310 e. The maximum atomic E-state index is 12.3. The Morgan fingerprint density at radius 3 is 2.83 bits per heavy atom. The van der Waals surface area contributed by atoms with E-state index in [0.717, 1.165) is 5.56 Å². The van der Waals surface area contributed by atoms with Crippen molar-refractivity contribution in [3.05, 3.63) is 64.4 Å². The molecule has 0 atom stereocenters. The highest BCUT2D eigenvalue weighted by atomic mass is 35.5. The molecule has 4 nitrogen and oxygen atoms in total. The van der Waals surface area contributed by atoms with E-state index < -0.39 is 0 Å². The third-order valence-corrected chi connectivity index (χ3v) is 3.54. The Kier molecular flexibility index (Phi) is 4.17. The Bertz CT molecular complexity index is 824. The van der Waals surface area contributed by atoms with Crippen molar-refractivity contribution in [2.75, 3.05) is 0 Å². The molecular weight excluding hydrogens is 316 g/mol. The summed E-state index contributed by atoms with van der Waals surface area (Å²) in [6.45, 7) is 1.71. The summed E-state index contributed by atoms with van der Waals surface area (Å²) in [5.74, 6) is 0.385. The van der Waals surface area contributed by atoms with Gasteiger partial charge in [0.2, 0.25) is 5.78 Å². The zero-order valence-corrected chi connectivity index (χ0v) is 13.1. The van der Waals surface area contributed by atoms with Crippen LogP contribution in [0.1, 0.15) is 29.3 Å². The number of Topliss-reactive ketones (excluding diaryl/α,β-unsaturated/α-hetero) is 1. The fourth-order valence-electron chi connectivity index (χ4n) is 2.18. The Morgan fingerprint density at radius 2 is 2.09 bits per heavy atom. The molecule has 0 fully saturated rings. The van der Waals surface area contributed by atoms with Crippen LogP contribution in [0, 0.1) is 0 Å². The molecule has 1 aliphatic heterocycles. The third kappa shape index (κ3) is 3.27. The highest BCUT2D eigenvalue weighted by molar-refractivity contribution is 6.30. The normalized spacial score (nSPS) is 14.5. The number of hydrogen-bond donors (Lipinski definition) is 0. The number of ketones is 1. The Morgan fingerprint density at radius 1 is 1.26 bits per heavy atom. The van der Waals surface area contributed by atoms with Crippen molar-refractivity contribution in [3.63, 3.8) is 0 Å². The summed E-state index contributed by atoms with van der Waals surface area (Å²) in [7, 11) is 0. The number of carbonyl (C=O) groups is 2. The van der Waals surface area contributed by atoms with Crippen molar-refractivity contribution in [3.8, 4) is 11.5 Å². The second-order valence-electron chi connectivity index (χ2n) is 4.98. The van der Waals surface area contributed by atoms with Gasteiger partial charge < -0.3 is 9.47 Å². The van der Waals surface area contributed by atoms with Gasteiger partial charge >= 0.3 is 5.97 Å². The van der Waals surface area contributed by atoms with Crippen LogP contribution in [0.5, 0.6) is 11.5 Å². The first kappa shape index (κ1) is 15.3. The molecule has 0 unspecified atom stereocenters. The van der Waals surface area contributed by atoms with Crippen molar-refractivity contribution >= 4 is 29.4 Å². The number of rotatable bonds is 3. The fourth-order valence-corrected chi connectivity index (χ4v) is 2.38. The zero-order valence-electron chi connectivity index (χ0n) is 12.3. The van der Waals surface area contributed by atoms with Crippen LogP contribution in [0.3, 0.4) is 0 Å². The van der Waals surface area contributed by atoms with E-state index >= 15 is 0 Å². The van der Waals surface area contributed by atoms with Gasteiger partial charge in [-0.25, -0.2) is 0 Å². The molecule has 116 valence electrons. The Hall–Kier alpha value is -2.59. The smallest absolute Gasteiger partial charge is 0.310 e. The molecule has 0 N–H and O–H groups in total. The molecule has 1 heterocycles. The van der Waals surface area contributed by atoms with Crippen LogP contribution in [-0.2, 0) is 4.79 Å². The van der Waals surface area contributed by atoms with Crippen LogP contribution < -0.4 is 9.47 Å². The number of benzene rings is 2. The zero-order chi connectivity index (χ0) is 16.4. The Balaban J connectivity index is 1.88. The van der Waals surface area contributed by atoms with Crippen molar-refractivity contribution in [2.24, 2.45) is 0 Å². The van der Waals surface area contributed by atoms with Crippen LogP contribution in [-0.4, -0.2) is 11.8 Å². The van der Waals surface area contributed by atoms with Gasteiger partial charge in [0, 0.05) is 17.5 Å². The molecule has 3 rings (SSSR count). The lowest BCUT2D eigenvalue weighted by atomic mass is 10.1. The molecule has 0 radical (unpaired) electrons. The second kappa shape index (κ2) is 6.26. The standard InChI is InChI=1S/C18H13ClO4/c1-2-17(20)22-13-6-7-14-15(10-13)23-16(18(14)21)9-11-4-3-5-12(19)8-11/h3-10H,2H2,1H3/b16-9-. The van der Waals surface area contributed by atoms with E-state index in [2.05, 4.69) is 0 Å². The maximum absolute atomic E-state index is 12.3. The number of carbonyl (C=O) groups excluding carboxylic acids is 2.